The van der Waals surface area contributed by atoms with Gasteiger partial charge in [0.1, 0.15) is 11.6 Å². The monoisotopic (exact) mass is 434 g/mol. The van der Waals surface area contributed by atoms with E-state index in [0.717, 1.165) is 12.0 Å². The van der Waals surface area contributed by atoms with E-state index in [9.17, 15) is 14.0 Å². The molecule has 0 bridgehead atoms. The van der Waals surface area contributed by atoms with E-state index in [1.165, 1.54) is 29.8 Å². The third kappa shape index (κ3) is 5.07. The minimum absolute atomic E-state index is 0.0402. The Morgan fingerprint density at radius 3 is 2.47 bits per heavy atom. The second kappa shape index (κ2) is 9.81. The number of rotatable bonds is 6. The minimum Gasteiger partial charge on any atom is -0.467 e. The van der Waals surface area contributed by atoms with E-state index in [1.807, 2.05) is 6.07 Å². The highest BCUT2D eigenvalue weighted by Gasteiger charge is 2.35. The number of nitrogens with one attached hydrogen (secondary N) is 1. The van der Waals surface area contributed by atoms with E-state index in [-0.39, 0.29) is 29.5 Å². The summed E-state index contributed by atoms with van der Waals surface area (Å²) in [7, 11) is 0. The zero-order valence-electron chi connectivity index (χ0n) is 18.1. The number of amides is 2. The fourth-order valence-corrected chi connectivity index (χ4v) is 4.23. The molecule has 166 valence electrons. The van der Waals surface area contributed by atoms with Crippen LogP contribution in [0.4, 0.5) is 4.39 Å². The normalized spacial score (nSPS) is 18.4. The molecule has 2 heterocycles. The molecule has 32 heavy (non-hydrogen) atoms. The number of benzene rings is 2. The van der Waals surface area contributed by atoms with Gasteiger partial charge in [-0.1, -0.05) is 31.2 Å². The Hall–Kier alpha value is -3.41. The molecule has 1 aromatic heterocycles. The maximum absolute atomic E-state index is 13.3. The lowest BCUT2D eigenvalue weighted by molar-refractivity contribution is -0.126. The molecule has 1 saturated heterocycles. The number of likely N-dealkylation sites (tertiary alicyclic amines) is 1. The van der Waals surface area contributed by atoms with Crippen molar-refractivity contribution in [3.05, 3.63) is 95.2 Å². The van der Waals surface area contributed by atoms with Crippen LogP contribution in [-0.4, -0.2) is 29.8 Å². The minimum atomic E-state index is -0.385. The third-order valence-electron chi connectivity index (χ3n) is 6.08. The molecule has 6 heteroatoms. The van der Waals surface area contributed by atoms with Crippen LogP contribution in [0.5, 0.6) is 0 Å². The van der Waals surface area contributed by atoms with Crippen molar-refractivity contribution in [2.75, 3.05) is 13.1 Å². The van der Waals surface area contributed by atoms with Crippen LogP contribution in [0.2, 0.25) is 0 Å². The summed E-state index contributed by atoms with van der Waals surface area (Å²) in [5.41, 5.74) is 2.78. The molecule has 0 saturated carbocycles. The Labute approximate surface area is 187 Å². The fraction of sp³-hybridized carbons (Fsp3) is 0.308. The molecule has 5 nitrogen and oxygen atoms in total. The zero-order valence-corrected chi connectivity index (χ0v) is 18.1. The fourth-order valence-electron chi connectivity index (χ4n) is 4.23. The van der Waals surface area contributed by atoms with Crippen molar-refractivity contribution in [2.24, 2.45) is 5.92 Å². The van der Waals surface area contributed by atoms with Gasteiger partial charge < -0.3 is 14.6 Å². The first-order valence-electron chi connectivity index (χ1n) is 11.0. The topological polar surface area (TPSA) is 62.6 Å². The Morgan fingerprint density at radius 2 is 1.81 bits per heavy atom. The molecule has 2 atom stereocenters. The van der Waals surface area contributed by atoms with Crippen molar-refractivity contribution in [1.82, 2.24) is 10.2 Å². The summed E-state index contributed by atoms with van der Waals surface area (Å²) in [6, 6.07) is 17.5. The molecular formula is C26H27FN2O3. The van der Waals surface area contributed by atoms with Gasteiger partial charge in [0.05, 0.1) is 18.7 Å². The Bertz CT molecular complexity index is 1050. The quantitative estimate of drug-likeness (QED) is 0.619. The van der Waals surface area contributed by atoms with Crippen LogP contribution in [0.15, 0.2) is 71.3 Å². The number of hydrogen-bond donors (Lipinski definition) is 1. The summed E-state index contributed by atoms with van der Waals surface area (Å²) in [5.74, 6) is -0.307. The molecule has 0 spiro atoms. The lowest BCUT2D eigenvalue weighted by Crippen LogP contribution is -2.48. The van der Waals surface area contributed by atoms with E-state index in [1.54, 1.807) is 17.2 Å². The highest BCUT2D eigenvalue weighted by Crippen LogP contribution is 2.31. The molecule has 1 N–H and O–H groups in total. The van der Waals surface area contributed by atoms with Gasteiger partial charge in [-0.2, -0.15) is 0 Å². The first-order valence-corrected chi connectivity index (χ1v) is 11.0. The summed E-state index contributed by atoms with van der Waals surface area (Å²) in [6.07, 6.45) is 3.18. The molecule has 0 aliphatic carbocycles. The largest absolute Gasteiger partial charge is 0.467 e. The van der Waals surface area contributed by atoms with E-state index in [2.05, 4.69) is 36.5 Å². The van der Waals surface area contributed by atoms with E-state index >= 15 is 0 Å². The van der Waals surface area contributed by atoms with Crippen LogP contribution in [0, 0.1) is 11.7 Å². The maximum Gasteiger partial charge on any atom is 0.253 e. The third-order valence-corrected chi connectivity index (χ3v) is 6.08. The summed E-state index contributed by atoms with van der Waals surface area (Å²) in [4.78, 5) is 27.9. The lowest BCUT2D eigenvalue weighted by Gasteiger charge is -2.37. The van der Waals surface area contributed by atoms with Gasteiger partial charge in [0.15, 0.2) is 0 Å². The van der Waals surface area contributed by atoms with E-state index < -0.39 is 0 Å². The van der Waals surface area contributed by atoms with Crippen molar-refractivity contribution in [1.29, 1.82) is 0 Å². The van der Waals surface area contributed by atoms with Crippen LogP contribution in [0.3, 0.4) is 0 Å². The molecule has 0 radical (unpaired) electrons. The Balaban J connectivity index is 1.54. The first kappa shape index (κ1) is 21.8. The Morgan fingerprint density at radius 1 is 1.06 bits per heavy atom. The number of aryl methyl sites for hydroxylation is 1. The van der Waals surface area contributed by atoms with Crippen molar-refractivity contribution in [2.45, 2.75) is 32.2 Å². The van der Waals surface area contributed by atoms with Gasteiger partial charge in [-0.15, -0.1) is 0 Å². The molecule has 1 aliphatic rings. The number of furan rings is 1. The molecule has 2 amide bonds. The van der Waals surface area contributed by atoms with Crippen molar-refractivity contribution >= 4 is 11.8 Å². The van der Waals surface area contributed by atoms with E-state index in [0.29, 0.717) is 37.4 Å². The standard InChI is InChI=1S/C26H27FN2O3/c1-2-18-5-7-19(8-6-18)21-14-22(25(30)28-15-24-4-3-13-32-24)17-29(16-21)26(31)20-9-11-23(27)12-10-20/h3-13,21-22H,2,14-17H2,1H3,(H,28,30)/t21-,22+/m1/s1. The Kier molecular flexibility index (Phi) is 6.69. The average molecular weight is 435 g/mol. The van der Waals surface area contributed by atoms with Gasteiger partial charge in [0.25, 0.3) is 5.91 Å². The second-order valence-corrected chi connectivity index (χ2v) is 8.24. The van der Waals surface area contributed by atoms with Crippen molar-refractivity contribution in [3.8, 4) is 0 Å². The van der Waals surface area contributed by atoms with Crippen LogP contribution in [0.25, 0.3) is 0 Å². The smallest absolute Gasteiger partial charge is 0.253 e. The molecule has 0 unspecified atom stereocenters. The second-order valence-electron chi connectivity index (χ2n) is 8.24. The SMILES string of the molecule is CCc1ccc([C@@H]2C[C@H](C(=O)NCc3ccco3)CN(C(=O)c3ccc(F)cc3)C2)cc1. The summed E-state index contributed by atoms with van der Waals surface area (Å²) in [5, 5.41) is 2.93. The van der Waals surface area contributed by atoms with Gasteiger partial charge in [0, 0.05) is 24.6 Å². The summed E-state index contributed by atoms with van der Waals surface area (Å²) < 4.78 is 18.6. The van der Waals surface area contributed by atoms with Gasteiger partial charge in [0.2, 0.25) is 5.91 Å². The van der Waals surface area contributed by atoms with Crippen molar-refractivity contribution < 1.29 is 18.4 Å². The summed E-state index contributed by atoms with van der Waals surface area (Å²) >= 11 is 0. The number of carbonyl (C=O) groups excluding carboxylic acids is 2. The van der Waals surface area contributed by atoms with E-state index in [4.69, 9.17) is 4.42 Å². The first-order chi connectivity index (χ1) is 15.5. The zero-order chi connectivity index (χ0) is 22.5. The molecule has 1 aliphatic heterocycles. The molecule has 3 aromatic rings. The van der Waals surface area contributed by atoms with Gasteiger partial charge in [-0.25, -0.2) is 4.39 Å². The number of carbonyl (C=O) groups is 2. The van der Waals surface area contributed by atoms with Gasteiger partial charge in [-0.05, 0) is 60.4 Å². The highest BCUT2D eigenvalue weighted by atomic mass is 19.1. The number of nitrogens with zero attached hydrogens (tertiary/aromatic N) is 1. The van der Waals surface area contributed by atoms with Crippen LogP contribution in [0.1, 0.15) is 46.5 Å². The van der Waals surface area contributed by atoms with Crippen LogP contribution >= 0.6 is 0 Å². The number of halogens is 1. The molecule has 2 aromatic carbocycles. The molecule has 4 rings (SSSR count). The predicted octanol–water partition coefficient (Wildman–Crippen LogP) is 4.54. The molecule has 1 fully saturated rings. The predicted molar refractivity (Wildman–Crippen MR) is 120 cm³/mol. The van der Waals surface area contributed by atoms with Gasteiger partial charge in [-0.3, -0.25) is 9.59 Å². The lowest BCUT2D eigenvalue weighted by atomic mass is 9.83. The maximum atomic E-state index is 13.3. The number of piperidine rings is 1. The summed E-state index contributed by atoms with van der Waals surface area (Å²) in [6.45, 7) is 3.26. The highest BCUT2D eigenvalue weighted by molar-refractivity contribution is 5.94. The molecular weight excluding hydrogens is 407 g/mol. The van der Waals surface area contributed by atoms with Gasteiger partial charge >= 0.3 is 0 Å². The average Bonchev–Trinajstić information content (AvgIpc) is 3.36. The van der Waals surface area contributed by atoms with Crippen LogP contribution < -0.4 is 5.32 Å². The van der Waals surface area contributed by atoms with Crippen molar-refractivity contribution in [3.63, 3.8) is 0 Å². The number of hydrogen-bond acceptors (Lipinski definition) is 3. The van der Waals surface area contributed by atoms with Crippen LogP contribution in [-0.2, 0) is 17.8 Å².